The summed E-state index contributed by atoms with van der Waals surface area (Å²) in [4.78, 5) is 28.8. The molecular formula is C24H33ClFN5O5S. The summed E-state index contributed by atoms with van der Waals surface area (Å²) in [5, 5.41) is 24.2. The molecule has 0 radical (unpaired) electrons. The molecule has 37 heavy (non-hydrogen) atoms. The lowest BCUT2D eigenvalue weighted by Crippen LogP contribution is -2.46. The van der Waals surface area contributed by atoms with Gasteiger partial charge in [0.05, 0.1) is 0 Å². The molecule has 0 spiro atoms. The highest BCUT2D eigenvalue weighted by Crippen LogP contribution is 2.31. The Balaban J connectivity index is 1.41. The van der Waals surface area contributed by atoms with Crippen LogP contribution >= 0.6 is 23.1 Å². The third-order valence-corrected chi connectivity index (χ3v) is 7.23. The molecular weight excluding hydrogens is 525 g/mol. The maximum atomic E-state index is 14.2. The SMILES string of the molecule is Cc1cc(F)c(COc2nsc(NC(=O)NCCCCN3CCN(CCCO)CC3)c2C(=O)O)cc1Cl. The molecule has 1 fully saturated rings. The van der Waals surface area contributed by atoms with Crippen LogP contribution in [0.4, 0.5) is 14.2 Å². The summed E-state index contributed by atoms with van der Waals surface area (Å²) in [7, 11) is 0. The lowest BCUT2D eigenvalue weighted by Gasteiger charge is -2.34. The molecule has 1 aliphatic heterocycles. The fraction of sp³-hybridized carbons (Fsp3) is 0.542. The number of carboxylic acids is 1. The average Bonchev–Trinajstić information content (AvgIpc) is 3.27. The Morgan fingerprint density at radius 1 is 1.16 bits per heavy atom. The molecule has 1 aliphatic rings. The van der Waals surface area contributed by atoms with Gasteiger partial charge in [-0.3, -0.25) is 5.32 Å². The highest BCUT2D eigenvalue weighted by atomic mass is 35.5. The molecule has 1 saturated heterocycles. The summed E-state index contributed by atoms with van der Waals surface area (Å²) in [6.45, 7) is 7.95. The highest BCUT2D eigenvalue weighted by Gasteiger charge is 2.24. The second-order valence-electron chi connectivity index (χ2n) is 8.83. The summed E-state index contributed by atoms with van der Waals surface area (Å²) in [6.07, 6.45) is 2.52. The van der Waals surface area contributed by atoms with E-state index in [4.69, 9.17) is 21.4 Å². The zero-order valence-corrected chi connectivity index (χ0v) is 22.3. The van der Waals surface area contributed by atoms with Gasteiger partial charge in [0.2, 0.25) is 5.88 Å². The Labute approximate surface area is 224 Å². The van der Waals surface area contributed by atoms with E-state index in [0.29, 0.717) is 17.1 Å². The number of nitrogens with zero attached hydrogens (tertiary/aromatic N) is 3. The molecule has 10 nitrogen and oxygen atoms in total. The number of aromatic carboxylic acids is 1. The number of rotatable bonds is 13. The number of aliphatic hydroxyl groups is 1. The van der Waals surface area contributed by atoms with Gasteiger partial charge in [0.25, 0.3) is 0 Å². The summed E-state index contributed by atoms with van der Waals surface area (Å²) in [6, 6.07) is 2.16. The Morgan fingerprint density at radius 2 is 1.84 bits per heavy atom. The average molecular weight is 558 g/mol. The van der Waals surface area contributed by atoms with E-state index in [1.165, 1.54) is 12.1 Å². The molecule has 0 bridgehead atoms. The van der Waals surface area contributed by atoms with E-state index in [1.807, 2.05) is 0 Å². The van der Waals surface area contributed by atoms with Crippen LogP contribution in [0.5, 0.6) is 5.88 Å². The fourth-order valence-corrected chi connectivity index (χ4v) is 4.84. The van der Waals surface area contributed by atoms with Crippen molar-refractivity contribution in [3.63, 3.8) is 0 Å². The largest absolute Gasteiger partial charge is 0.477 e. The van der Waals surface area contributed by atoms with E-state index >= 15 is 0 Å². The normalized spacial score (nSPS) is 14.5. The topological polar surface area (TPSA) is 127 Å². The monoisotopic (exact) mass is 557 g/mol. The number of ether oxygens (including phenoxy) is 1. The van der Waals surface area contributed by atoms with Crippen molar-refractivity contribution < 1.29 is 28.9 Å². The molecule has 3 rings (SSSR count). The molecule has 0 aliphatic carbocycles. The highest BCUT2D eigenvalue weighted by molar-refractivity contribution is 7.11. The van der Waals surface area contributed by atoms with Crippen molar-refractivity contribution in [3.05, 3.63) is 39.7 Å². The molecule has 1 aromatic heterocycles. The maximum Gasteiger partial charge on any atom is 0.344 e. The van der Waals surface area contributed by atoms with Crippen LogP contribution in [0.15, 0.2) is 12.1 Å². The standard InChI is InChI=1S/C24H33ClFN5O5S/c1-16-13-19(26)17(14-18(16)25)15-36-21-20(23(33)34)22(37-29-21)28-24(35)27-5-2-3-6-30-8-10-31(11-9-30)7-4-12-32/h13-14,32H,2-12,15H2,1H3,(H,33,34)(H2,27,28,35). The van der Waals surface area contributed by atoms with Gasteiger partial charge in [-0.25, -0.2) is 14.0 Å². The van der Waals surface area contributed by atoms with E-state index in [2.05, 4.69) is 24.8 Å². The van der Waals surface area contributed by atoms with Gasteiger partial charge in [-0.05, 0) is 62.0 Å². The van der Waals surface area contributed by atoms with Gasteiger partial charge in [-0.1, -0.05) is 11.6 Å². The van der Waals surface area contributed by atoms with E-state index in [1.54, 1.807) is 6.92 Å². The Bertz CT molecular complexity index is 1060. The van der Waals surface area contributed by atoms with Crippen molar-refractivity contribution in [3.8, 4) is 5.88 Å². The molecule has 204 valence electrons. The van der Waals surface area contributed by atoms with Crippen molar-refractivity contribution in [1.29, 1.82) is 0 Å². The van der Waals surface area contributed by atoms with Crippen LogP contribution in [0.2, 0.25) is 5.02 Å². The summed E-state index contributed by atoms with van der Waals surface area (Å²) >= 11 is 6.81. The molecule has 13 heteroatoms. The first-order valence-electron chi connectivity index (χ1n) is 12.2. The van der Waals surface area contributed by atoms with Gasteiger partial charge in [0, 0.05) is 56.5 Å². The molecule has 4 N–H and O–H groups in total. The Hall–Kier alpha value is -2.51. The van der Waals surface area contributed by atoms with E-state index in [9.17, 15) is 19.1 Å². The number of nitrogens with one attached hydrogen (secondary N) is 2. The minimum absolute atomic E-state index is 0.0291. The quantitative estimate of drug-likeness (QED) is 0.276. The number of anilines is 1. The third kappa shape index (κ3) is 8.78. The van der Waals surface area contributed by atoms with Crippen LogP contribution in [-0.4, -0.2) is 88.8 Å². The lowest BCUT2D eigenvalue weighted by molar-refractivity contribution is 0.0693. The zero-order chi connectivity index (χ0) is 26.8. The lowest BCUT2D eigenvalue weighted by atomic mass is 10.1. The molecule has 0 saturated carbocycles. The number of hydrogen-bond donors (Lipinski definition) is 4. The van der Waals surface area contributed by atoms with Crippen molar-refractivity contribution in [2.75, 3.05) is 57.7 Å². The fourth-order valence-electron chi connectivity index (χ4n) is 3.93. The van der Waals surface area contributed by atoms with Gasteiger partial charge in [-0.2, -0.15) is 4.37 Å². The molecule has 2 amide bonds. The second-order valence-corrected chi connectivity index (χ2v) is 10.0. The number of amides is 2. The summed E-state index contributed by atoms with van der Waals surface area (Å²) in [5.74, 6) is -2.05. The van der Waals surface area contributed by atoms with Crippen LogP contribution in [0.1, 0.15) is 40.7 Å². The van der Waals surface area contributed by atoms with Crippen molar-refractivity contribution in [2.24, 2.45) is 0 Å². The Kier molecular flexibility index (Phi) is 11.3. The van der Waals surface area contributed by atoms with E-state index < -0.39 is 17.8 Å². The van der Waals surface area contributed by atoms with Crippen molar-refractivity contribution >= 4 is 40.1 Å². The number of piperazine rings is 1. The number of aliphatic hydroxyl groups excluding tert-OH is 1. The number of aromatic nitrogens is 1. The Morgan fingerprint density at radius 3 is 2.49 bits per heavy atom. The van der Waals surface area contributed by atoms with Gasteiger partial charge in [0.1, 0.15) is 17.4 Å². The van der Waals surface area contributed by atoms with Crippen molar-refractivity contribution in [1.82, 2.24) is 19.5 Å². The van der Waals surface area contributed by atoms with Gasteiger partial charge in [-0.15, -0.1) is 0 Å². The predicted molar refractivity (Wildman–Crippen MR) is 140 cm³/mol. The molecule has 1 aromatic carbocycles. The molecule has 0 unspecified atom stereocenters. The first-order chi connectivity index (χ1) is 17.8. The number of carbonyl (C=O) groups excluding carboxylic acids is 1. The second kappa shape index (κ2) is 14.4. The van der Waals surface area contributed by atoms with Gasteiger partial charge >= 0.3 is 12.0 Å². The number of halogens is 2. The number of carbonyl (C=O) groups is 2. The first kappa shape index (κ1) is 29.1. The number of unbranched alkanes of at least 4 members (excludes halogenated alkanes) is 1. The third-order valence-electron chi connectivity index (χ3n) is 6.08. The molecule has 2 heterocycles. The van der Waals surface area contributed by atoms with E-state index in [0.717, 1.165) is 70.1 Å². The van der Waals surface area contributed by atoms with Crippen LogP contribution in [0.3, 0.4) is 0 Å². The number of hydrogen-bond acceptors (Lipinski definition) is 8. The van der Waals surface area contributed by atoms with Crippen LogP contribution < -0.4 is 15.4 Å². The molecule has 0 atom stereocenters. The smallest absolute Gasteiger partial charge is 0.344 e. The first-order valence-corrected chi connectivity index (χ1v) is 13.3. The minimum Gasteiger partial charge on any atom is -0.477 e. The van der Waals surface area contributed by atoms with Gasteiger partial charge in [0.15, 0.2) is 5.56 Å². The van der Waals surface area contributed by atoms with Crippen LogP contribution in [-0.2, 0) is 6.61 Å². The zero-order valence-electron chi connectivity index (χ0n) is 20.8. The maximum absolute atomic E-state index is 14.2. The number of carboxylic acid groups (broad SMARTS) is 1. The van der Waals surface area contributed by atoms with Crippen LogP contribution in [0.25, 0.3) is 0 Å². The number of benzene rings is 1. The van der Waals surface area contributed by atoms with Gasteiger partial charge < -0.3 is 30.1 Å². The summed E-state index contributed by atoms with van der Waals surface area (Å²) < 4.78 is 23.6. The van der Waals surface area contributed by atoms with Crippen molar-refractivity contribution in [2.45, 2.75) is 32.8 Å². The van der Waals surface area contributed by atoms with E-state index in [-0.39, 0.29) is 35.2 Å². The van der Waals surface area contributed by atoms with Crippen LogP contribution in [0, 0.1) is 12.7 Å². The minimum atomic E-state index is -1.32. The predicted octanol–water partition coefficient (Wildman–Crippen LogP) is 3.42. The number of urea groups is 1. The summed E-state index contributed by atoms with van der Waals surface area (Å²) in [5.41, 5.74) is 0.445. The molecule has 2 aromatic rings. The number of aryl methyl sites for hydroxylation is 1.